The lowest BCUT2D eigenvalue weighted by Gasteiger charge is -2.17. The first kappa shape index (κ1) is 23.0. The number of rotatable bonds is 7. The van der Waals surface area contributed by atoms with Crippen LogP contribution in [0.25, 0.3) is 0 Å². The van der Waals surface area contributed by atoms with E-state index >= 15 is 0 Å². The fraction of sp³-hybridized carbons (Fsp3) is 0.455. The van der Waals surface area contributed by atoms with Crippen molar-refractivity contribution in [3.63, 3.8) is 0 Å². The van der Waals surface area contributed by atoms with Gasteiger partial charge in [-0.3, -0.25) is 9.59 Å². The maximum absolute atomic E-state index is 13.0. The van der Waals surface area contributed by atoms with E-state index in [1.807, 2.05) is 32.0 Å². The topological polar surface area (TPSA) is 111 Å². The third-order valence-electron chi connectivity index (χ3n) is 5.63. The summed E-state index contributed by atoms with van der Waals surface area (Å²) in [7, 11) is -3.96. The van der Waals surface area contributed by atoms with Crippen LogP contribution >= 0.6 is 0 Å². The zero-order chi connectivity index (χ0) is 22.8. The second-order valence-corrected chi connectivity index (χ2v) is 9.78. The summed E-state index contributed by atoms with van der Waals surface area (Å²) in [6.07, 6.45) is 1.82. The van der Waals surface area contributed by atoms with Crippen molar-refractivity contribution in [3.05, 3.63) is 46.3 Å². The van der Waals surface area contributed by atoms with E-state index in [-0.39, 0.29) is 35.2 Å². The predicted octanol–water partition coefficient (Wildman–Crippen LogP) is 2.79. The Labute approximate surface area is 183 Å². The molecule has 0 unspecified atom stereocenters. The highest BCUT2D eigenvalue weighted by Gasteiger charge is 2.32. The molecule has 1 saturated heterocycles. The molecule has 2 heterocycles. The Morgan fingerprint density at radius 1 is 1.03 bits per heavy atom. The molecule has 1 aliphatic heterocycles. The molecule has 3 rings (SSSR count). The number of likely N-dealkylation sites (tertiary alicyclic amines) is 1. The molecule has 0 aliphatic carbocycles. The number of sulfonamides is 1. The minimum atomic E-state index is -3.96. The van der Waals surface area contributed by atoms with Crippen molar-refractivity contribution in [2.75, 3.05) is 25.0 Å². The molecule has 2 amide bonds. The molecule has 0 bridgehead atoms. The molecular weight excluding hydrogens is 416 g/mol. The molecular formula is C22H30N4O4S. The number of carbonyl (C=O) groups excluding carboxylic acids is 2. The summed E-state index contributed by atoms with van der Waals surface area (Å²) >= 11 is 0. The summed E-state index contributed by atoms with van der Waals surface area (Å²) in [6, 6.07) is 5.61. The summed E-state index contributed by atoms with van der Waals surface area (Å²) in [5, 5.41) is 2.78. The van der Waals surface area contributed by atoms with Gasteiger partial charge in [0.2, 0.25) is 15.9 Å². The largest absolute Gasteiger partial charge is 0.361 e. The number of nitrogens with zero attached hydrogens (tertiary/aromatic N) is 1. The van der Waals surface area contributed by atoms with Crippen molar-refractivity contribution in [1.82, 2.24) is 14.6 Å². The highest BCUT2D eigenvalue weighted by Crippen LogP contribution is 2.26. The van der Waals surface area contributed by atoms with Gasteiger partial charge in [0.05, 0.1) is 5.56 Å². The quantitative estimate of drug-likeness (QED) is 0.607. The van der Waals surface area contributed by atoms with E-state index in [9.17, 15) is 18.0 Å². The van der Waals surface area contributed by atoms with Gasteiger partial charge in [-0.25, -0.2) is 13.1 Å². The number of aromatic nitrogens is 1. The van der Waals surface area contributed by atoms with E-state index in [0.29, 0.717) is 30.2 Å². The zero-order valence-corrected chi connectivity index (χ0v) is 19.3. The number of nitrogens with one attached hydrogen (secondary N) is 3. The van der Waals surface area contributed by atoms with Crippen molar-refractivity contribution < 1.29 is 18.0 Å². The molecule has 3 N–H and O–H groups in total. The van der Waals surface area contributed by atoms with E-state index in [1.165, 1.54) is 0 Å². The van der Waals surface area contributed by atoms with Gasteiger partial charge in [0.15, 0.2) is 0 Å². The lowest BCUT2D eigenvalue weighted by atomic mass is 10.1. The van der Waals surface area contributed by atoms with Crippen LogP contribution in [0.3, 0.4) is 0 Å². The van der Waals surface area contributed by atoms with Crippen molar-refractivity contribution in [2.24, 2.45) is 0 Å². The molecule has 0 radical (unpaired) electrons. The molecule has 2 aromatic rings. The number of H-pyrrole nitrogens is 1. The van der Waals surface area contributed by atoms with E-state index in [4.69, 9.17) is 0 Å². The smallest absolute Gasteiger partial charge is 0.257 e. The van der Waals surface area contributed by atoms with Gasteiger partial charge in [-0.2, -0.15) is 0 Å². The first-order valence-corrected chi connectivity index (χ1v) is 11.9. The minimum absolute atomic E-state index is 0.0238. The average Bonchev–Trinajstić information content (AvgIpc) is 3.32. The van der Waals surface area contributed by atoms with Gasteiger partial charge < -0.3 is 15.2 Å². The number of anilines is 1. The Balaban J connectivity index is 1.67. The Bertz CT molecular complexity index is 1100. The van der Waals surface area contributed by atoms with Crippen molar-refractivity contribution in [2.45, 2.75) is 51.9 Å². The molecule has 31 heavy (non-hydrogen) atoms. The number of hydrogen-bond donors (Lipinski definition) is 3. The molecule has 1 aromatic carbocycles. The molecule has 0 atom stereocenters. The highest BCUT2D eigenvalue weighted by atomic mass is 32.2. The number of benzene rings is 1. The fourth-order valence-electron chi connectivity index (χ4n) is 3.84. The summed E-state index contributed by atoms with van der Waals surface area (Å²) in [5.74, 6) is -0.562. The number of aromatic amines is 1. The third kappa shape index (κ3) is 5.16. The van der Waals surface area contributed by atoms with Crippen LogP contribution in [-0.2, 0) is 14.8 Å². The second kappa shape index (κ2) is 9.23. The van der Waals surface area contributed by atoms with E-state index in [2.05, 4.69) is 15.0 Å². The van der Waals surface area contributed by atoms with Gasteiger partial charge >= 0.3 is 0 Å². The predicted molar refractivity (Wildman–Crippen MR) is 120 cm³/mol. The summed E-state index contributed by atoms with van der Waals surface area (Å²) in [4.78, 5) is 29.8. The lowest BCUT2D eigenvalue weighted by molar-refractivity contribution is -0.116. The Morgan fingerprint density at radius 2 is 1.71 bits per heavy atom. The average molecular weight is 447 g/mol. The standard InChI is InChI=1S/C22H30N4O4S/c1-14-7-8-18(13-15(14)2)25-19(27)9-10-23-31(29,30)21-17(4)24-16(3)20(21)22(28)26-11-5-6-12-26/h7-8,13,23-24H,5-6,9-12H2,1-4H3,(H,25,27). The summed E-state index contributed by atoms with van der Waals surface area (Å²) in [5.41, 5.74) is 3.99. The summed E-state index contributed by atoms with van der Waals surface area (Å²) in [6.45, 7) is 8.48. The third-order valence-corrected chi connectivity index (χ3v) is 7.26. The lowest BCUT2D eigenvalue weighted by Crippen LogP contribution is -2.32. The number of amides is 2. The van der Waals surface area contributed by atoms with E-state index in [1.54, 1.807) is 18.7 Å². The Hall–Kier alpha value is -2.65. The van der Waals surface area contributed by atoms with Gasteiger partial charge in [0.1, 0.15) is 4.90 Å². The molecule has 1 aromatic heterocycles. The van der Waals surface area contributed by atoms with Gasteiger partial charge in [-0.15, -0.1) is 0 Å². The van der Waals surface area contributed by atoms with Crippen LogP contribution in [0.1, 0.15) is 52.1 Å². The Morgan fingerprint density at radius 3 is 2.35 bits per heavy atom. The maximum Gasteiger partial charge on any atom is 0.257 e. The highest BCUT2D eigenvalue weighted by molar-refractivity contribution is 7.89. The van der Waals surface area contributed by atoms with Gasteiger partial charge in [-0.05, 0) is 63.8 Å². The van der Waals surface area contributed by atoms with Gasteiger partial charge in [0, 0.05) is 43.1 Å². The molecule has 0 saturated carbocycles. The van der Waals surface area contributed by atoms with Crippen molar-refractivity contribution in [1.29, 1.82) is 0 Å². The van der Waals surface area contributed by atoms with Crippen LogP contribution in [0.4, 0.5) is 5.69 Å². The van der Waals surface area contributed by atoms with E-state index < -0.39 is 10.0 Å². The van der Waals surface area contributed by atoms with Crippen molar-refractivity contribution >= 4 is 27.5 Å². The maximum atomic E-state index is 13.0. The van der Waals surface area contributed by atoms with Crippen molar-refractivity contribution in [3.8, 4) is 0 Å². The van der Waals surface area contributed by atoms with Crippen LogP contribution < -0.4 is 10.0 Å². The van der Waals surface area contributed by atoms with Crippen LogP contribution in [0.2, 0.25) is 0 Å². The molecule has 9 heteroatoms. The minimum Gasteiger partial charge on any atom is -0.361 e. The second-order valence-electron chi connectivity index (χ2n) is 8.07. The monoisotopic (exact) mass is 446 g/mol. The molecule has 1 fully saturated rings. The van der Waals surface area contributed by atoms with Gasteiger partial charge in [0.25, 0.3) is 5.91 Å². The fourth-order valence-corrected chi connectivity index (χ4v) is 5.32. The van der Waals surface area contributed by atoms with Crippen LogP contribution in [0, 0.1) is 27.7 Å². The number of aryl methyl sites for hydroxylation is 4. The Kier molecular flexibility index (Phi) is 6.86. The molecule has 168 valence electrons. The number of carbonyl (C=O) groups is 2. The van der Waals surface area contributed by atoms with Crippen LogP contribution in [0.15, 0.2) is 23.1 Å². The summed E-state index contributed by atoms with van der Waals surface area (Å²) < 4.78 is 28.5. The first-order chi connectivity index (χ1) is 14.6. The normalized spacial score (nSPS) is 14.1. The van der Waals surface area contributed by atoms with E-state index in [0.717, 1.165) is 24.0 Å². The molecule has 0 spiro atoms. The number of hydrogen-bond acceptors (Lipinski definition) is 4. The zero-order valence-electron chi connectivity index (χ0n) is 18.5. The van der Waals surface area contributed by atoms with Crippen LogP contribution in [0.5, 0.6) is 0 Å². The molecule has 1 aliphatic rings. The van der Waals surface area contributed by atoms with Crippen LogP contribution in [-0.4, -0.2) is 49.8 Å². The molecule has 8 nitrogen and oxygen atoms in total. The van der Waals surface area contributed by atoms with Gasteiger partial charge in [-0.1, -0.05) is 6.07 Å². The first-order valence-electron chi connectivity index (χ1n) is 10.5. The SMILES string of the molecule is Cc1ccc(NC(=O)CCNS(=O)(=O)c2c(C)[nH]c(C)c2C(=O)N2CCCC2)cc1C.